The average Bonchev–Trinajstić information content (AvgIpc) is 2.72. The molecule has 0 saturated heterocycles. The van der Waals surface area contributed by atoms with Crippen LogP contribution in [0.5, 0.6) is 0 Å². The van der Waals surface area contributed by atoms with Crippen molar-refractivity contribution in [3.8, 4) is 11.4 Å². The SMILES string of the molecule is CCc1onc(-c2ccc(C)nn2)c1CO. The van der Waals surface area contributed by atoms with Gasteiger partial charge in [-0.2, -0.15) is 5.10 Å². The molecule has 5 heteroatoms. The number of aromatic nitrogens is 3. The van der Waals surface area contributed by atoms with Crippen molar-refractivity contribution in [2.24, 2.45) is 0 Å². The first kappa shape index (κ1) is 10.8. The van der Waals surface area contributed by atoms with Gasteiger partial charge in [-0.25, -0.2) is 0 Å². The van der Waals surface area contributed by atoms with Gasteiger partial charge in [-0.3, -0.25) is 0 Å². The molecule has 84 valence electrons. The molecular weight excluding hydrogens is 206 g/mol. The van der Waals surface area contributed by atoms with E-state index in [1.54, 1.807) is 0 Å². The number of hydrogen-bond acceptors (Lipinski definition) is 5. The van der Waals surface area contributed by atoms with Crippen molar-refractivity contribution in [3.05, 3.63) is 29.2 Å². The molecule has 0 atom stereocenters. The standard InChI is InChI=1S/C11H13N3O2/c1-3-10-8(6-15)11(14-16-10)9-5-4-7(2)12-13-9/h4-5,15H,3,6H2,1-2H3. The summed E-state index contributed by atoms with van der Waals surface area (Å²) in [5.74, 6) is 0.694. The summed E-state index contributed by atoms with van der Waals surface area (Å²) in [6.07, 6.45) is 0.697. The summed E-state index contributed by atoms with van der Waals surface area (Å²) in [7, 11) is 0. The number of nitrogens with zero attached hydrogens (tertiary/aromatic N) is 3. The predicted octanol–water partition coefficient (Wildman–Crippen LogP) is 1.49. The molecule has 0 aromatic carbocycles. The van der Waals surface area contributed by atoms with Crippen molar-refractivity contribution >= 4 is 0 Å². The predicted molar refractivity (Wildman–Crippen MR) is 57.6 cm³/mol. The molecule has 0 unspecified atom stereocenters. The highest BCUT2D eigenvalue weighted by molar-refractivity contribution is 5.58. The molecule has 2 rings (SSSR count). The van der Waals surface area contributed by atoms with Crippen LogP contribution in [0.15, 0.2) is 16.7 Å². The molecule has 5 nitrogen and oxygen atoms in total. The van der Waals surface area contributed by atoms with Crippen LogP contribution in [-0.4, -0.2) is 20.5 Å². The molecule has 0 aliphatic carbocycles. The highest BCUT2D eigenvalue weighted by atomic mass is 16.5. The van der Waals surface area contributed by atoms with Crippen LogP contribution in [-0.2, 0) is 13.0 Å². The normalized spacial score (nSPS) is 10.7. The highest BCUT2D eigenvalue weighted by Crippen LogP contribution is 2.23. The molecule has 0 fully saturated rings. The van der Waals surface area contributed by atoms with Crippen LogP contribution in [0.25, 0.3) is 11.4 Å². The zero-order valence-electron chi connectivity index (χ0n) is 9.27. The zero-order valence-corrected chi connectivity index (χ0v) is 9.27. The molecule has 0 aliphatic rings. The second-order valence-electron chi connectivity index (χ2n) is 3.50. The Morgan fingerprint density at radius 3 is 2.69 bits per heavy atom. The van der Waals surface area contributed by atoms with Crippen molar-refractivity contribution in [2.45, 2.75) is 26.9 Å². The minimum Gasteiger partial charge on any atom is -0.391 e. The first-order valence-electron chi connectivity index (χ1n) is 5.15. The maximum absolute atomic E-state index is 9.29. The number of rotatable bonds is 3. The fourth-order valence-corrected chi connectivity index (χ4v) is 1.51. The number of aliphatic hydroxyl groups excluding tert-OH is 1. The van der Waals surface area contributed by atoms with E-state index in [2.05, 4.69) is 15.4 Å². The summed E-state index contributed by atoms with van der Waals surface area (Å²) in [5, 5.41) is 21.2. The van der Waals surface area contributed by atoms with Gasteiger partial charge in [0.1, 0.15) is 17.1 Å². The Balaban J connectivity index is 2.47. The molecule has 16 heavy (non-hydrogen) atoms. The van der Waals surface area contributed by atoms with Gasteiger partial charge in [0.05, 0.1) is 12.3 Å². The number of aliphatic hydroxyl groups is 1. The topological polar surface area (TPSA) is 72.0 Å². The second kappa shape index (κ2) is 4.40. The van der Waals surface area contributed by atoms with Crippen molar-refractivity contribution in [3.63, 3.8) is 0 Å². The van der Waals surface area contributed by atoms with E-state index in [-0.39, 0.29) is 6.61 Å². The van der Waals surface area contributed by atoms with Gasteiger partial charge in [0.25, 0.3) is 0 Å². The van der Waals surface area contributed by atoms with Crippen LogP contribution in [0.4, 0.5) is 0 Å². The van der Waals surface area contributed by atoms with Crippen LogP contribution in [0.1, 0.15) is 23.9 Å². The van der Waals surface area contributed by atoms with Crippen LogP contribution >= 0.6 is 0 Å². The van der Waals surface area contributed by atoms with E-state index in [1.807, 2.05) is 26.0 Å². The number of hydrogen-bond donors (Lipinski definition) is 1. The minimum absolute atomic E-state index is 0.0996. The Labute approximate surface area is 93.1 Å². The summed E-state index contributed by atoms with van der Waals surface area (Å²) in [6, 6.07) is 3.67. The Morgan fingerprint density at radius 2 is 2.12 bits per heavy atom. The molecule has 2 aromatic rings. The fourth-order valence-electron chi connectivity index (χ4n) is 1.51. The first-order chi connectivity index (χ1) is 7.76. The summed E-state index contributed by atoms with van der Waals surface area (Å²) >= 11 is 0. The fraction of sp³-hybridized carbons (Fsp3) is 0.364. The van der Waals surface area contributed by atoms with E-state index in [1.165, 1.54) is 0 Å². The van der Waals surface area contributed by atoms with Gasteiger partial charge in [0, 0.05) is 12.0 Å². The van der Waals surface area contributed by atoms with E-state index in [4.69, 9.17) is 4.52 Å². The van der Waals surface area contributed by atoms with Crippen molar-refractivity contribution in [1.82, 2.24) is 15.4 Å². The van der Waals surface area contributed by atoms with Gasteiger partial charge in [-0.05, 0) is 19.1 Å². The highest BCUT2D eigenvalue weighted by Gasteiger charge is 2.16. The third-order valence-corrected chi connectivity index (χ3v) is 2.39. The lowest BCUT2D eigenvalue weighted by Gasteiger charge is -1.98. The van der Waals surface area contributed by atoms with E-state index in [9.17, 15) is 5.11 Å². The summed E-state index contributed by atoms with van der Waals surface area (Å²) in [5.41, 5.74) is 2.74. The van der Waals surface area contributed by atoms with E-state index < -0.39 is 0 Å². The van der Waals surface area contributed by atoms with Gasteiger partial charge < -0.3 is 9.63 Å². The lowest BCUT2D eigenvalue weighted by Crippen LogP contribution is -1.94. The summed E-state index contributed by atoms with van der Waals surface area (Å²) < 4.78 is 5.14. The molecule has 1 N–H and O–H groups in total. The van der Waals surface area contributed by atoms with E-state index >= 15 is 0 Å². The summed E-state index contributed by atoms with van der Waals surface area (Å²) in [6.45, 7) is 3.71. The van der Waals surface area contributed by atoms with Crippen LogP contribution in [0, 0.1) is 6.92 Å². The molecule has 0 bridgehead atoms. The van der Waals surface area contributed by atoms with Crippen LogP contribution in [0.3, 0.4) is 0 Å². The van der Waals surface area contributed by atoms with Gasteiger partial charge in [-0.15, -0.1) is 5.10 Å². The lowest BCUT2D eigenvalue weighted by molar-refractivity contribution is 0.277. The first-order valence-corrected chi connectivity index (χ1v) is 5.15. The molecule has 0 radical (unpaired) electrons. The van der Waals surface area contributed by atoms with Gasteiger partial charge in [-0.1, -0.05) is 12.1 Å². The minimum atomic E-state index is -0.0996. The molecule has 2 aromatic heterocycles. The Hall–Kier alpha value is -1.75. The average molecular weight is 219 g/mol. The zero-order chi connectivity index (χ0) is 11.5. The maximum Gasteiger partial charge on any atom is 0.142 e. The Bertz CT molecular complexity index is 476. The lowest BCUT2D eigenvalue weighted by atomic mass is 10.1. The van der Waals surface area contributed by atoms with E-state index in [0.717, 1.165) is 5.69 Å². The molecule has 0 aliphatic heterocycles. The third kappa shape index (κ3) is 1.81. The maximum atomic E-state index is 9.29. The molecule has 0 amide bonds. The molecule has 2 heterocycles. The molecular formula is C11H13N3O2. The number of aryl methyl sites for hydroxylation is 2. The van der Waals surface area contributed by atoms with Gasteiger partial charge in [0.2, 0.25) is 0 Å². The molecule has 0 spiro atoms. The van der Waals surface area contributed by atoms with Gasteiger partial charge in [0.15, 0.2) is 0 Å². The second-order valence-corrected chi connectivity index (χ2v) is 3.50. The quantitative estimate of drug-likeness (QED) is 0.846. The monoisotopic (exact) mass is 219 g/mol. The summed E-state index contributed by atoms with van der Waals surface area (Å²) in [4.78, 5) is 0. The van der Waals surface area contributed by atoms with E-state index in [0.29, 0.717) is 29.1 Å². The van der Waals surface area contributed by atoms with Crippen LogP contribution < -0.4 is 0 Å². The van der Waals surface area contributed by atoms with Gasteiger partial charge >= 0.3 is 0 Å². The largest absolute Gasteiger partial charge is 0.391 e. The third-order valence-electron chi connectivity index (χ3n) is 2.39. The Kier molecular flexibility index (Phi) is 2.96. The van der Waals surface area contributed by atoms with Crippen molar-refractivity contribution in [2.75, 3.05) is 0 Å². The van der Waals surface area contributed by atoms with Crippen molar-refractivity contribution < 1.29 is 9.63 Å². The molecule has 0 saturated carbocycles. The smallest absolute Gasteiger partial charge is 0.142 e. The van der Waals surface area contributed by atoms with Crippen LogP contribution in [0.2, 0.25) is 0 Å². The van der Waals surface area contributed by atoms with Crippen molar-refractivity contribution in [1.29, 1.82) is 0 Å². The Morgan fingerprint density at radius 1 is 1.31 bits per heavy atom.